The van der Waals surface area contributed by atoms with E-state index in [9.17, 15) is 4.79 Å². The number of nitrogens with zero attached hydrogens (tertiary/aromatic N) is 2. The van der Waals surface area contributed by atoms with Crippen LogP contribution in [0.3, 0.4) is 0 Å². The fourth-order valence-corrected chi connectivity index (χ4v) is 0.560. The van der Waals surface area contributed by atoms with Crippen LogP contribution in [0, 0.1) is 6.92 Å². The molecule has 2 radical (unpaired) electrons. The van der Waals surface area contributed by atoms with Crippen LogP contribution in [-0.4, -0.2) is 15.3 Å². The second-order valence-electron chi connectivity index (χ2n) is 1.70. The van der Waals surface area contributed by atoms with Crippen LogP contribution in [0.2, 0.25) is 0 Å². The summed E-state index contributed by atoms with van der Waals surface area (Å²) in [5.74, 6) is -0.354. The maximum Gasteiger partial charge on any atom is 0.157 e. The highest BCUT2D eigenvalue weighted by atomic mass is 16.1. The number of carbonyl (C=O) groups is 1. The Morgan fingerprint density at radius 3 is 3.00 bits per heavy atom. The molecule has 0 aliphatic carbocycles. The normalized spacial score (nSPS) is 9.44. The smallest absolute Gasteiger partial charge is 0.157 e. The average Bonchev–Trinajstić information content (AvgIpc) is 2.15. The van der Waals surface area contributed by atoms with Crippen LogP contribution < -0.4 is 0 Å². The number of imidazole rings is 1. The van der Waals surface area contributed by atoms with E-state index < -0.39 is 0 Å². The van der Waals surface area contributed by atoms with Gasteiger partial charge in [0.05, 0.1) is 12.9 Å². The van der Waals surface area contributed by atoms with Crippen molar-refractivity contribution >= 4 is 5.78 Å². The number of rotatable bonds is 2. The van der Waals surface area contributed by atoms with Crippen molar-refractivity contribution in [3.05, 3.63) is 25.6 Å². The molecule has 0 aliphatic heterocycles. The quantitative estimate of drug-likeness (QED) is 0.560. The summed E-state index contributed by atoms with van der Waals surface area (Å²) in [6, 6.07) is 0. The van der Waals surface area contributed by atoms with Crippen molar-refractivity contribution in [1.29, 1.82) is 0 Å². The van der Waals surface area contributed by atoms with Crippen molar-refractivity contribution in [2.24, 2.45) is 0 Å². The van der Waals surface area contributed by atoms with Gasteiger partial charge in [-0.25, -0.2) is 4.98 Å². The van der Waals surface area contributed by atoms with Crippen molar-refractivity contribution in [2.75, 3.05) is 0 Å². The highest BCUT2D eigenvalue weighted by molar-refractivity contribution is 5.82. The molecule has 0 saturated carbocycles. The molecule has 0 aliphatic rings. The molecule has 1 aromatic rings. The van der Waals surface area contributed by atoms with Gasteiger partial charge in [0.25, 0.3) is 0 Å². The second kappa shape index (κ2) is 2.44. The molecule has 0 spiro atoms. The molecule has 46 valence electrons. The third-order valence-electron chi connectivity index (χ3n) is 0.898. The van der Waals surface area contributed by atoms with Crippen LogP contribution in [0.5, 0.6) is 0 Å². The Hall–Kier alpha value is -1.12. The van der Waals surface area contributed by atoms with Crippen LogP contribution in [0.15, 0.2) is 18.7 Å². The molecule has 9 heavy (non-hydrogen) atoms. The third kappa shape index (κ3) is 1.68. The summed E-state index contributed by atoms with van der Waals surface area (Å²) in [6.07, 6.45) is 4.83. The number of Topliss-reactive ketones (excluding diaryl/α,β-unsaturated/α-hetero) is 1. The van der Waals surface area contributed by atoms with Gasteiger partial charge >= 0.3 is 0 Å². The van der Waals surface area contributed by atoms with E-state index in [1.54, 1.807) is 23.3 Å². The third-order valence-corrected chi connectivity index (χ3v) is 0.898. The van der Waals surface area contributed by atoms with E-state index >= 15 is 0 Å². The van der Waals surface area contributed by atoms with Gasteiger partial charge in [0.2, 0.25) is 0 Å². The molecule has 0 N–H and O–H groups in total. The fraction of sp³-hybridized carbons (Fsp3) is 0.167. The van der Waals surface area contributed by atoms with E-state index in [1.807, 2.05) is 0 Å². The molecular formula is C6H6N2O. The van der Waals surface area contributed by atoms with Crippen molar-refractivity contribution in [2.45, 2.75) is 6.54 Å². The van der Waals surface area contributed by atoms with Crippen molar-refractivity contribution < 1.29 is 4.79 Å². The van der Waals surface area contributed by atoms with Crippen molar-refractivity contribution in [3.63, 3.8) is 0 Å². The predicted octanol–water partition coefficient (Wildman–Crippen LogP) is 0.163. The van der Waals surface area contributed by atoms with Gasteiger partial charge in [-0.1, -0.05) is 0 Å². The molecule has 0 aromatic carbocycles. The minimum atomic E-state index is -0.354. The van der Waals surface area contributed by atoms with E-state index in [1.165, 1.54) is 0 Å². The molecule has 1 heterocycles. The first kappa shape index (κ1) is 6.01. The minimum absolute atomic E-state index is 0.208. The zero-order valence-electron chi connectivity index (χ0n) is 4.82. The van der Waals surface area contributed by atoms with Gasteiger partial charge in [0.15, 0.2) is 5.78 Å². The van der Waals surface area contributed by atoms with Crippen molar-refractivity contribution in [1.82, 2.24) is 9.55 Å². The maximum absolute atomic E-state index is 10.2. The molecule has 0 unspecified atom stereocenters. The van der Waals surface area contributed by atoms with Gasteiger partial charge in [-0.05, 0) is 0 Å². The van der Waals surface area contributed by atoms with Crippen LogP contribution in [0.4, 0.5) is 0 Å². The van der Waals surface area contributed by atoms with E-state index in [0.717, 1.165) is 0 Å². The Kier molecular flexibility index (Phi) is 1.63. The van der Waals surface area contributed by atoms with Crippen LogP contribution in [0.25, 0.3) is 0 Å². The lowest BCUT2D eigenvalue weighted by atomic mass is 10.4. The van der Waals surface area contributed by atoms with Gasteiger partial charge in [0, 0.05) is 19.3 Å². The zero-order chi connectivity index (χ0) is 6.69. The molecule has 0 fully saturated rings. The largest absolute Gasteiger partial charge is 0.330 e. The zero-order valence-corrected chi connectivity index (χ0v) is 4.82. The summed E-state index contributed by atoms with van der Waals surface area (Å²) in [6.45, 7) is 5.10. The predicted molar refractivity (Wildman–Crippen MR) is 31.5 cm³/mol. The Morgan fingerprint density at radius 1 is 1.78 bits per heavy atom. The lowest BCUT2D eigenvalue weighted by molar-refractivity contribution is -0.115. The summed E-state index contributed by atoms with van der Waals surface area (Å²) in [7, 11) is 0. The average molecular weight is 122 g/mol. The highest BCUT2D eigenvalue weighted by Gasteiger charge is 1.92. The molecule has 0 saturated heterocycles. The lowest BCUT2D eigenvalue weighted by Crippen LogP contribution is -2.03. The number of hydrogen-bond donors (Lipinski definition) is 0. The van der Waals surface area contributed by atoms with Crippen LogP contribution >= 0.6 is 0 Å². The number of hydrogen-bond acceptors (Lipinski definition) is 2. The van der Waals surface area contributed by atoms with Gasteiger partial charge in [-0.2, -0.15) is 0 Å². The number of aromatic nitrogens is 2. The van der Waals surface area contributed by atoms with Gasteiger partial charge in [-0.3, -0.25) is 4.79 Å². The van der Waals surface area contributed by atoms with Gasteiger partial charge in [-0.15, -0.1) is 0 Å². The van der Waals surface area contributed by atoms with Gasteiger partial charge in [0.1, 0.15) is 0 Å². The monoisotopic (exact) mass is 122 g/mol. The molecule has 0 bridgehead atoms. The molecule has 0 atom stereocenters. The van der Waals surface area contributed by atoms with Gasteiger partial charge < -0.3 is 4.57 Å². The number of ketones is 1. The van der Waals surface area contributed by atoms with E-state index in [-0.39, 0.29) is 12.3 Å². The second-order valence-corrected chi connectivity index (χ2v) is 1.70. The maximum atomic E-state index is 10.2. The molecule has 1 rings (SSSR count). The van der Waals surface area contributed by atoms with Crippen LogP contribution in [-0.2, 0) is 11.3 Å². The highest BCUT2D eigenvalue weighted by Crippen LogP contribution is 1.84. The Labute approximate surface area is 53.3 Å². The van der Waals surface area contributed by atoms with E-state index in [4.69, 9.17) is 6.92 Å². The lowest BCUT2D eigenvalue weighted by Gasteiger charge is -1.92. The minimum Gasteiger partial charge on any atom is -0.330 e. The first-order valence-corrected chi connectivity index (χ1v) is 2.53. The molecule has 3 heteroatoms. The Bertz CT molecular complexity index is 191. The first-order valence-electron chi connectivity index (χ1n) is 2.53. The Balaban J connectivity index is 2.58. The summed E-state index contributed by atoms with van der Waals surface area (Å²) < 4.78 is 1.61. The van der Waals surface area contributed by atoms with Crippen LogP contribution in [0.1, 0.15) is 0 Å². The van der Waals surface area contributed by atoms with E-state index in [2.05, 4.69) is 4.98 Å². The molecule has 0 amide bonds. The first-order chi connectivity index (χ1) is 4.29. The number of carbonyl (C=O) groups excluding carboxylic acids is 1. The Morgan fingerprint density at radius 2 is 2.56 bits per heavy atom. The summed E-state index contributed by atoms with van der Waals surface area (Å²) in [4.78, 5) is 14.0. The molecular weight excluding hydrogens is 116 g/mol. The summed E-state index contributed by atoms with van der Waals surface area (Å²) >= 11 is 0. The summed E-state index contributed by atoms with van der Waals surface area (Å²) in [5.41, 5.74) is 0. The SMILES string of the molecule is [CH]C(=O)Cn1ccnc1. The van der Waals surface area contributed by atoms with E-state index in [0.29, 0.717) is 0 Å². The summed E-state index contributed by atoms with van der Waals surface area (Å²) in [5, 5.41) is 0. The molecule has 3 nitrogen and oxygen atoms in total. The fourth-order valence-electron chi connectivity index (χ4n) is 0.560. The van der Waals surface area contributed by atoms with Crippen molar-refractivity contribution in [3.8, 4) is 0 Å². The standard InChI is InChI=1S/C6H6N2O/c1-6(9)4-8-3-2-7-5-8/h1-3,5H,4H2. The topological polar surface area (TPSA) is 34.9 Å². The molecule has 1 aromatic heterocycles.